The smallest absolute Gasteiger partial charge is 0.296 e. The lowest BCUT2D eigenvalue weighted by molar-refractivity contribution is 0.472. The number of hydrogen-bond donors (Lipinski definition) is 6. The number of anilines is 3. The minimum Gasteiger partial charge on any atom is -0.505 e. The van der Waals surface area contributed by atoms with Crippen LogP contribution < -0.4 is 17.2 Å². The molecule has 0 aliphatic rings. The normalized spacial score (nSPS) is 12.6. The molecule has 0 aliphatic heterocycles. The Hall–Kier alpha value is -6.34. The molecule has 0 radical (unpaired) electrons. The largest absolute Gasteiger partial charge is 0.505 e. The maximum absolute atomic E-state index is 12.3. The molecule has 0 unspecified atom stereocenters. The van der Waals surface area contributed by atoms with E-state index in [4.69, 9.17) is 17.2 Å². The van der Waals surface area contributed by atoms with Gasteiger partial charge in [-0.1, -0.05) is 12.1 Å². The number of phenolic OH excluding ortho intramolecular Hbond substituents is 1. The third-order valence-electron chi connectivity index (χ3n) is 7.32. The second-order valence-electron chi connectivity index (χ2n) is 10.7. The van der Waals surface area contributed by atoms with E-state index < -0.39 is 36.6 Å². The molecule has 0 saturated heterocycles. The van der Waals surface area contributed by atoms with E-state index in [0.29, 0.717) is 44.9 Å². The molecule has 252 valence electrons. The second kappa shape index (κ2) is 12.9. The van der Waals surface area contributed by atoms with Crippen molar-refractivity contribution in [2.45, 2.75) is 9.79 Å². The van der Waals surface area contributed by atoms with E-state index in [1.807, 2.05) is 0 Å². The molecule has 0 atom stereocenters. The van der Waals surface area contributed by atoms with Gasteiger partial charge in [-0.25, -0.2) is 0 Å². The summed E-state index contributed by atoms with van der Waals surface area (Å²) in [5, 5.41) is 37.1. The van der Waals surface area contributed by atoms with Gasteiger partial charge in [-0.3, -0.25) is 9.11 Å². The molecule has 18 heteroatoms. The maximum atomic E-state index is 12.3. The topological polar surface area (TPSA) is 281 Å². The fourth-order valence-corrected chi connectivity index (χ4v) is 6.01. The fraction of sp³-hybridized carbons (Fsp3) is 0. The fourth-order valence-electron chi connectivity index (χ4n) is 4.85. The van der Waals surface area contributed by atoms with Crippen molar-refractivity contribution in [3.63, 3.8) is 0 Å². The van der Waals surface area contributed by atoms with E-state index in [9.17, 15) is 31.0 Å². The molecule has 0 aromatic heterocycles. The summed E-state index contributed by atoms with van der Waals surface area (Å²) in [7, 11) is -9.28. The number of benzene rings is 6. The molecule has 6 aromatic carbocycles. The molecule has 0 saturated carbocycles. The van der Waals surface area contributed by atoms with E-state index in [-0.39, 0.29) is 27.0 Å². The SMILES string of the molecule is Nc1ccc(N=Nc2ccc3cc(S(=O)(=O)O)c(N=Nc4ccc(N=Nc5ccc(N)c6cc(S(=O)(=O)O)ccc56)cc4)c(O)c3c2)c(N)c1. The minimum atomic E-state index is -4.84. The summed E-state index contributed by atoms with van der Waals surface area (Å²) in [6.07, 6.45) is 0. The summed E-state index contributed by atoms with van der Waals surface area (Å²) < 4.78 is 66.9. The minimum absolute atomic E-state index is 0.160. The highest BCUT2D eigenvalue weighted by Crippen LogP contribution is 2.43. The van der Waals surface area contributed by atoms with Gasteiger partial charge in [0.05, 0.1) is 33.3 Å². The molecule has 0 spiro atoms. The first-order valence-electron chi connectivity index (χ1n) is 14.2. The number of nitrogen functional groups attached to an aromatic ring is 3. The lowest BCUT2D eigenvalue weighted by Crippen LogP contribution is -1.99. The summed E-state index contributed by atoms with van der Waals surface area (Å²) in [6, 6.07) is 23.5. The molecule has 9 N–H and O–H groups in total. The van der Waals surface area contributed by atoms with Crippen LogP contribution in [0.15, 0.2) is 138 Å². The van der Waals surface area contributed by atoms with Crippen molar-refractivity contribution in [1.29, 1.82) is 0 Å². The van der Waals surface area contributed by atoms with Crippen LogP contribution >= 0.6 is 0 Å². The zero-order valence-corrected chi connectivity index (χ0v) is 27.1. The van der Waals surface area contributed by atoms with E-state index >= 15 is 0 Å². The predicted molar refractivity (Wildman–Crippen MR) is 188 cm³/mol. The van der Waals surface area contributed by atoms with E-state index in [1.165, 1.54) is 60.7 Å². The Labute approximate surface area is 283 Å². The van der Waals surface area contributed by atoms with Gasteiger partial charge in [0.15, 0.2) is 5.75 Å². The van der Waals surface area contributed by atoms with Gasteiger partial charge in [0.25, 0.3) is 20.2 Å². The Bertz CT molecular complexity index is 2650. The zero-order chi connectivity index (χ0) is 35.8. The number of aromatic hydroxyl groups is 1. The molecule has 0 heterocycles. The number of nitrogens with two attached hydrogens (primary N) is 3. The van der Waals surface area contributed by atoms with Crippen LogP contribution in [0.5, 0.6) is 5.75 Å². The summed E-state index contributed by atoms with van der Waals surface area (Å²) in [6.45, 7) is 0. The van der Waals surface area contributed by atoms with Crippen LogP contribution in [0.1, 0.15) is 0 Å². The molecular formula is C32H25N9O7S2. The van der Waals surface area contributed by atoms with Crippen molar-refractivity contribution in [1.82, 2.24) is 0 Å². The van der Waals surface area contributed by atoms with Gasteiger partial charge in [0.1, 0.15) is 16.3 Å². The Balaban J connectivity index is 1.28. The van der Waals surface area contributed by atoms with Crippen molar-refractivity contribution in [3.05, 3.63) is 97.1 Å². The average Bonchev–Trinajstić information content (AvgIpc) is 3.07. The van der Waals surface area contributed by atoms with Crippen LogP contribution in [0.2, 0.25) is 0 Å². The van der Waals surface area contributed by atoms with Gasteiger partial charge < -0.3 is 22.3 Å². The lowest BCUT2D eigenvalue weighted by atomic mass is 10.1. The van der Waals surface area contributed by atoms with Crippen LogP contribution in [0.3, 0.4) is 0 Å². The Morgan fingerprint density at radius 2 is 1.12 bits per heavy atom. The average molecular weight is 712 g/mol. The van der Waals surface area contributed by atoms with Crippen LogP contribution in [0.25, 0.3) is 21.5 Å². The highest BCUT2D eigenvalue weighted by Gasteiger charge is 2.22. The van der Waals surface area contributed by atoms with Crippen LogP contribution in [0, 0.1) is 0 Å². The van der Waals surface area contributed by atoms with Gasteiger partial charge in [0, 0.05) is 27.5 Å². The summed E-state index contributed by atoms with van der Waals surface area (Å²) >= 11 is 0. The Kier molecular flexibility index (Phi) is 8.68. The highest BCUT2D eigenvalue weighted by molar-refractivity contribution is 7.86. The first kappa shape index (κ1) is 33.6. The molecule has 6 rings (SSSR count). The third-order valence-corrected chi connectivity index (χ3v) is 9.04. The number of azo groups is 3. The predicted octanol–water partition coefficient (Wildman–Crippen LogP) is 8.18. The second-order valence-corrected chi connectivity index (χ2v) is 13.6. The van der Waals surface area contributed by atoms with Crippen molar-refractivity contribution >= 4 is 93.0 Å². The monoisotopic (exact) mass is 711 g/mol. The Morgan fingerprint density at radius 1 is 0.500 bits per heavy atom. The summed E-state index contributed by atoms with van der Waals surface area (Å²) in [5.74, 6) is -0.576. The quantitative estimate of drug-likeness (QED) is 0.0500. The van der Waals surface area contributed by atoms with E-state index in [2.05, 4.69) is 30.7 Å². The van der Waals surface area contributed by atoms with Gasteiger partial charge >= 0.3 is 0 Å². The molecule has 0 bridgehead atoms. The summed E-state index contributed by atoms with van der Waals surface area (Å²) in [4.78, 5) is -0.982. The van der Waals surface area contributed by atoms with Crippen LogP contribution in [-0.2, 0) is 20.2 Å². The zero-order valence-electron chi connectivity index (χ0n) is 25.4. The molecule has 50 heavy (non-hydrogen) atoms. The standard InChI is InChI=1S/C32H25N9O7S2/c33-18-2-11-29(27(35)14-18)40-38-21-3-1-17-13-30(50(46,47)48)31(32(42)24(17)15-21)41-37-20-6-4-19(5-7-20)36-39-28-12-10-26(34)25-16-22(49(43,44)45)8-9-23(25)28/h1-16,42H,33-35H2,(H,43,44,45)(H,46,47,48). The molecule has 0 amide bonds. The first-order valence-corrected chi connectivity index (χ1v) is 17.1. The molecule has 0 fully saturated rings. The number of fused-ring (bicyclic) bond motifs is 2. The molecular weight excluding hydrogens is 687 g/mol. The number of phenols is 1. The van der Waals surface area contributed by atoms with Crippen molar-refractivity contribution in [2.75, 3.05) is 17.2 Å². The van der Waals surface area contributed by atoms with Crippen LogP contribution in [-0.4, -0.2) is 31.0 Å². The molecule has 16 nitrogen and oxygen atoms in total. The van der Waals surface area contributed by atoms with Crippen molar-refractivity contribution in [2.24, 2.45) is 30.7 Å². The van der Waals surface area contributed by atoms with Crippen LogP contribution in [0.4, 0.5) is 51.2 Å². The number of hydrogen-bond acceptors (Lipinski definition) is 14. The van der Waals surface area contributed by atoms with E-state index in [1.54, 1.807) is 30.3 Å². The number of rotatable bonds is 8. The van der Waals surface area contributed by atoms with Gasteiger partial charge in [-0.05, 0) is 90.3 Å². The highest BCUT2D eigenvalue weighted by atomic mass is 32.2. The molecule has 6 aromatic rings. The first-order chi connectivity index (χ1) is 23.7. The number of nitrogens with zero attached hydrogens (tertiary/aromatic N) is 6. The third kappa shape index (κ3) is 7.08. The van der Waals surface area contributed by atoms with Gasteiger partial charge in [0.2, 0.25) is 0 Å². The van der Waals surface area contributed by atoms with Crippen molar-refractivity contribution < 1.29 is 31.0 Å². The van der Waals surface area contributed by atoms with Gasteiger partial charge in [-0.15, -0.1) is 15.3 Å². The lowest BCUT2D eigenvalue weighted by Gasteiger charge is -2.09. The summed E-state index contributed by atoms with van der Waals surface area (Å²) in [5.41, 5.74) is 19.9. The molecule has 0 aliphatic carbocycles. The van der Waals surface area contributed by atoms with Crippen molar-refractivity contribution in [3.8, 4) is 5.75 Å². The maximum Gasteiger partial charge on any atom is 0.296 e. The van der Waals surface area contributed by atoms with Gasteiger partial charge in [-0.2, -0.15) is 32.2 Å². The Morgan fingerprint density at radius 3 is 1.78 bits per heavy atom. The van der Waals surface area contributed by atoms with E-state index in [0.717, 1.165) is 6.07 Å².